The van der Waals surface area contributed by atoms with Gasteiger partial charge in [0.05, 0.1) is 10.6 Å². The highest BCUT2D eigenvalue weighted by Crippen LogP contribution is 2.38. The molecule has 2 fully saturated rings. The molecule has 0 spiro atoms. The average Bonchev–Trinajstić information content (AvgIpc) is 3.44. The molecule has 3 heterocycles. The summed E-state index contributed by atoms with van der Waals surface area (Å²) in [6.07, 6.45) is 4.56. The summed E-state index contributed by atoms with van der Waals surface area (Å²) in [5.74, 6) is 1.06. The highest BCUT2D eigenvalue weighted by Gasteiger charge is 2.41. The van der Waals surface area contributed by atoms with Gasteiger partial charge in [0.25, 0.3) is 5.91 Å². The number of amides is 1. The fraction of sp³-hybridized carbons (Fsp3) is 0.350. The molecule has 0 bridgehead atoms. The van der Waals surface area contributed by atoms with Gasteiger partial charge in [0.15, 0.2) is 5.82 Å². The van der Waals surface area contributed by atoms with E-state index >= 15 is 0 Å². The number of likely N-dealkylation sites (tertiary alicyclic amines) is 1. The molecule has 1 aromatic carbocycles. The van der Waals surface area contributed by atoms with Crippen LogP contribution in [-0.4, -0.2) is 38.2 Å². The molecule has 2 aliphatic rings. The first-order valence-electron chi connectivity index (χ1n) is 9.28. The minimum Gasteiger partial charge on any atom is -0.333 e. The maximum atomic E-state index is 13.3. The molecule has 0 radical (unpaired) electrons. The van der Waals surface area contributed by atoms with Gasteiger partial charge in [0.1, 0.15) is 5.82 Å². The molecule has 7 heteroatoms. The van der Waals surface area contributed by atoms with E-state index in [1.54, 1.807) is 16.8 Å². The summed E-state index contributed by atoms with van der Waals surface area (Å²) in [5, 5.41) is 6.49. The summed E-state index contributed by atoms with van der Waals surface area (Å²) in [4.78, 5) is 20.6. The van der Waals surface area contributed by atoms with E-state index in [-0.39, 0.29) is 17.5 Å². The smallest absolute Gasteiger partial charge is 0.293 e. The molecule has 3 aromatic rings. The highest BCUT2D eigenvalue weighted by atomic mass is 32.1. The Bertz CT molecular complexity index is 967. The van der Waals surface area contributed by atoms with Crippen LogP contribution < -0.4 is 0 Å². The fourth-order valence-corrected chi connectivity index (χ4v) is 5.04. The van der Waals surface area contributed by atoms with Crippen LogP contribution in [0.15, 0.2) is 41.8 Å². The molecule has 2 aromatic heterocycles. The number of hydrogen-bond donors (Lipinski definition) is 0. The largest absolute Gasteiger partial charge is 0.333 e. The lowest BCUT2D eigenvalue weighted by Crippen LogP contribution is -2.36. The van der Waals surface area contributed by atoms with Crippen molar-refractivity contribution >= 4 is 17.2 Å². The standard InChI is InChI=1S/C20H19FN4OS/c21-14-6-8-15(9-7-14)25-19(17-5-2-12-27-17)22-18(23-25)20(26)24-11-10-13-3-1-4-16(13)24/h2,5-9,12-13,16H,1,3-4,10-11H2. The van der Waals surface area contributed by atoms with E-state index in [0.717, 1.165) is 24.3 Å². The van der Waals surface area contributed by atoms with E-state index in [0.29, 0.717) is 23.5 Å². The molecule has 1 amide bonds. The van der Waals surface area contributed by atoms with Gasteiger partial charge in [-0.05, 0) is 60.9 Å². The zero-order valence-corrected chi connectivity index (χ0v) is 15.5. The van der Waals surface area contributed by atoms with Crippen LogP contribution in [-0.2, 0) is 0 Å². The second kappa shape index (κ2) is 6.56. The third kappa shape index (κ3) is 2.86. The van der Waals surface area contributed by atoms with Crippen LogP contribution in [0.5, 0.6) is 0 Å². The first-order valence-corrected chi connectivity index (χ1v) is 10.2. The number of benzene rings is 1. The van der Waals surface area contributed by atoms with Gasteiger partial charge in [-0.25, -0.2) is 14.1 Å². The van der Waals surface area contributed by atoms with Gasteiger partial charge in [-0.15, -0.1) is 16.4 Å². The monoisotopic (exact) mass is 382 g/mol. The van der Waals surface area contributed by atoms with Gasteiger partial charge in [0.2, 0.25) is 5.82 Å². The second-order valence-corrected chi connectivity index (χ2v) is 8.12. The van der Waals surface area contributed by atoms with Crippen LogP contribution in [0, 0.1) is 11.7 Å². The van der Waals surface area contributed by atoms with E-state index in [4.69, 9.17) is 0 Å². The van der Waals surface area contributed by atoms with Crippen molar-refractivity contribution < 1.29 is 9.18 Å². The van der Waals surface area contributed by atoms with Crippen molar-refractivity contribution in [1.82, 2.24) is 19.7 Å². The molecule has 2 unspecified atom stereocenters. The van der Waals surface area contributed by atoms with Gasteiger partial charge >= 0.3 is 0 Å². The molecule has 27 heavy (non-hydrogen) atoms. The molecule has 138 valence electrons. The van der Waals surface area contributed by atoms with E-state index in [9.17, 15) is 9.18 Å². The van der Waals surface area contributed by atoms with Crippen molar-refractivity contribution in [3.8, 4) is 16.4 Å². The Morgan fingerprint density at radius 2 is 2.00 bits per heavy atom. The van der Waals surface area contributed by atoms with Crippen LogP contribution in [0.25, 0.3) is 16.4 Å². The van der Waals surface area contributed by atoms with Crippen molar-refractivity contribution in [1.29, 1.82) is 0 Å². The predicted molar refractivity (Wildman–Crippen MR) is 101 cm³/mol. The Morgan fingerprint density at radius 1 is 1.15 bits per heavy atom. The van der Waals surface area contributed by atoms with Crippen molar-refractivity contribution in [3.63, 3.8) is 0 Å². The third-order valence-corrected chi connectivity index (χ3v) is 6.50. The van der Waals surface area contributed by atoms with Gasteiger partial charge in [-0.3, -0.25) is 4.79 Å². The molecule has 1 saturated carbocycles. The minimum absolute atomic E-state index is 0.0944. The molecular formula is C20H19FN4OS. The second-order valence-electron chi connectivity index (χ2n) is 7.17. The Hall–Kier alpha value is -2.54. The molecule has 1 aliphatic carbocycles. The summed E-state index contributed by atoms with van der Waals surface area (Å²) in [5.41, 5.74) is 0.687. The van der Waals surface area contributed by atoms with Crippen molar-refractivity contribution in [2.24, 2.45) is 5.92 Å². The van der Waals surface area contributed by atoms with Crippen LogP contribution in [0.2, 0.25) is 0 Å². The number of thiophene rings is 1. The molecular weight excluding hydrogens is 363 g/mol. The number of rotatable bonds is 3. The first-order chi connectivity index (χ1) is 13.2. The van der Waals surface area contributed by atoms with Crippen LogP contribution in [0.1, 0.15) is 36.3 Å². The lowest BCUT2D eigenvalue weighted by atomic mass is 10.0. The topological polar surface area (TPSA) is 51.0 Å². The molecule has 0 N–H and O–H groups in total. The summed E-state index contributed by atoms with van der Waals surface area (Å²) in [7, 11) is 0. The normalized spacial score (nSPS) is 21.6. The SMILES string of the molecule is O=C(c1nc(-c2cccs2)n(-c2ccc(F)cc2)n1)N1CCC2CCCC21. The van der Waals surface area contributed by atoms with Gasteiger partial charge in [-0.2, -0.15) is 0 Å². The predicted octanol–water partition coefficient (Wildman–Crippen LogP) is 4.15. The Labute approximate surface area is 160 Å². The summed E-state index contributed by atoms with van der Waals surface area (Å²) >= 11 is 1.54. The van der Waals surface area contributed by atoms with Crippen LogP contribution >= 0.6 is 11.3 Å². The number of aromatic nitrogens is 3. The number of hydrogen-bond acceptors (Lipinski definition) is 4. The Balaban J connectivity index is 1.55. The number of fused-ring (bicyclic) bond motifs is 1. The van der Waals surface area contributed by atoms with Gasteiger partial charge < -0.3 is 4.90 Å². The number of carbonyl (C=O) groups is 1. The minimum atomic E-state index is -0.308. The fourth-order valence-electron chi connectivity index (χ4n) is 4.35. The highest BCUT2D eigenvalue weighted by molar-refractivity contribution is 7.13. The lowest BCUT2D eigenvalue weighted by molar-refractivity contribution is 0.0716. The number of carbonyl (C=O) groups excluding carboxylic acids is 1. The van der Waals surface area contributed by atoms with Crippen molar-refractivity contribution in [2.75, 3.05) is 6.54 Å². The lowest BCUT2D eigenvalue weighted by Gasteiger charge is -2.22. The molecule has 5 rings (SSSR count). The number of nitrogens with zero attached hydrogens (tertiary/aromatic N) is 4. The summed E-state index contributed by atoms with van der Waals surface area (Å²) in [6, 6.07) is 10.3. The molecule has 5 nitrogen and oxygen atoms in total. The molecule has 1 saturated heterocycles. The van der Waals surface area contributed by atoms with E-state index in [2.05, 4.69) is 10.1 Å². The maximum absolute atomic E-state index is 13.3. The number of halogens is 1. The molecule has 1 aliphatic heterocycles. The zero-order chi connectivity index (χ0) is 18.4. The van der Waals surface area contributed by atoms with Crippen LogP contribution in [0.3, 0.4) is 0 Å². The maximum Gasteiger partial charge on any atom is 0.293 e. The summed E-state index contributed by atoms with van der Waals surface area (Å²) in [6.45, 7) is 0.785. The van der Waals surface area contributed by atoms with E-state index < -0.39 is 0 Å². The van der Waals surface area contributed by atoms with Crippen LogP contribution in [0.4, 0.5) is 4.39 Å². The van der Waals surface area contributed by atoms with Gasteiger partial charge in [0, 0.05) is 12.6 Å². The quantitative estimate of drug-likeness (QED) is 0.684. The van der Waals surface area contributed by atoms with E-state index in [1.165, 1.54) is 36.3 Å². The summed E-state index contributed by atoms with van der Waals surface area (Å²) < 4.78 is 15.0. The average molecular weight is 382 g/mol. The van der Waals surface area contributed by atoms with Crippen molar-refractivity contribution in [3.05, 3.63) is 53.4 Å². The van der Waals surface area contributed by atoms with Crippen molar-refractivity contribution in [2.45, 2.75) is 31.7 Å². The zero-order valence-electron chi connectivity index (χ0n) is 14.7. The Morgan fingerprint density at radius 3 is 2.78 bits per heavy atom. The van der Waals surface area contributed by atoms with Gasteiger partial charge in [-0.1, -0.05) is 12.5 Å². The Kier molecular flexibility index (Phi) is 4.04. The first kappa shape index (κ1) is 16.6. The van der Waals surface area contributed by atoms with E-state index in [1.807, 2.05) is 22.4 Å². The third-order valence-electron chi connectivity index (χ3n) is 5.63. The molecule has 2 atom stereocenters.